The molecule has 2 aliphatic rings. The maximum absolute atomic E-state index is 13.8. The highest BCUT2D eigenvalue weighted by atomic mass is 16.3. The Morgan fingerprint density at radius 1 is 1.08 bits per heavy atom. The molecule has 0 spiro atoms. The third-order valence-corrected chi connectivity index (χ3v) is 7.47. The maximum Gasteiger partial charge on any atom is 0.246 e. The minimum absolute atomic E-state index is 0.0143. The normalized spacial score (nSPS) is 26.9. The zero-order valence-electron chi connectivity index (χ0n) is 22.1. The van der Waals surface area contributed by atoms with Crippen molar-refractivity contribution in [3.05, 3.63) is 42.0 Å². The zero-order valence-corrected chi connectivity index (χ0v) is 22.1. The summed E-state index contributed by atoms with van der Waals surface area (Å²) in [6.07, 6.45) is 3.04. The van der Waals surface area contributed by atoms with Crippen molar-refractivity contribution in [1.29, 1.82) is 0 Å². The molecule has 4 atom stereocenters. The highest BCUT2D eigenvalue weighted by Crippen LogP contribution is 2.22. The van der Waals surface area contributed by atoms with Crippen molar-refractivity contribution in [2.45, 2.75) is 89.4 Å². The fraction of sp³-hybridized carbons (Fsp3) is 0.571. The van der Waals surface area contributed by atoms with Gasteiger partial charge in [-0.3, -0.25) is 19.2 Å². The summed E-state index contributed by atoms with van der Waals surface area (Å²) < 4.78 is 0. The van der Waals surface area contributed by atoms with Crippen LogP contribution in [0.5, 0.6) is 0 Å². The second-order valence-corrected chi connectivity index (χ2v) is 10.4. The van der Waals surface area contributed by atoms with Crippen LogP contribution in [0.25, 0.3) is 5.57 Å². The molecule has 1 aromatic carbocycles. The van der Waals surface area contributed by atoms with Crippen LogP contribution in [-0.2, 0) is 25.6 Å². The Bertz CT molecular complexity index is 1020. The highest BCUT2D eigenvalue weighted by Gasteiger charge is 2.43. The molecule has 4 amide bonds. The van der Waals surface area contributed by atoms with Gasteiger partial charge in [-0.1, -0.05) is 43.3 Å². The molecule has 2 fully saturated rings. The van der Waals surface area contributed by atoms with Crippen LogP contribution < -0.4 is 16.0 Å². The lowest BCUT2D eigenvalue weighted by Crippen LogP contribution is -2.65. The quantitative estimate of drug-likeness (QED) is 0.394. The monoisotopic (exact) mass is 512 g/mol. The van der Waals surface area contributed by atoms with Gasteiger partial charge in [-0.25, -0.2) is 0 Å². The van der Waals surface area contributed by atoms with Gasteiger partial charge in [0.2, 0.25) is 23.6 Å². The fourth-order valence-electron chi connectivity index (χ4n) is 4.84. The lowest BCUT2D eigenvalue weighted by Gasteiger charge is -2.36. The summed E-state index contributed by atoms with van der Waals surface area (Å²) in [5.74, 6) is -1.58. The zero-order chi connectivity index (χ0) is 27.2. The van der Waals surface area contributed by atoms with Crippen molar-refractivity contribution in [3.63, 3.8) is 0 Å². The van der Waals surface area contributed by atoms with Crippen molar-refractivity contribution in [2.24, 2.45) is 0 Å². The van der Waals surface area contributed by atoms with Crippen LogP contribution in [0.3, 0.4) is 0 Å². The summed E-state index contributed by atoms with van der Waals surface area (Å²) in [4.78, 5) is 55.4. The van der Waals surface area contributed by atoms with E-state index in [1.807, 2.05) is 31.2 Å². The molecule has 0 aliphatic carbocycles. The minimum atomic E-state index is -1.27. The molecule has 0 bridgehead atoms. The van der Waals surface area contributed by atoms with Gasteiger partial charge in [0.25, 0.3) is 0 Å². The fourth-order valence-corrected chi connectivity index (χ4v) is 4.84. The maximum atomic E-state index is 13.8. The van der Waals surface area contributed by atoms with E-state index in [2.05, 4.69) is 22.5 Å². The molecule has 202 valence electrons. The molecule has 9 nitrogen and oxygen atoms in total. The van der Waals surface area contributed by atoms with E-state index < -0.39 is 35.5 Å². The Hall–Kier alpha value is -3.20. The van der Waals surface area contributed by atoms with Crippen molar-refractivity contribution >= 4 is 29.2 Å². The second-order valence-electron chi connectivity index (χ2n) is 10.4. The lowest BCUT2D eigenvalue weighted by molar-refractivity contribution is -0.144. The van der Waals surface area contributed by atoms with Gasteiger partial charge in [-0.05, 0) is 63.5 Å². The van der Waals surface area contributed by atoms with Crippen molar-refractivity contribution in [2.75, 3.05) is 13.2 Å². The molecule has 0 radical (unpaired) electrons. The molecule has 2 heterocycles. The summed E-state index contributed by atoms with van der Waals surface area (Å²) in [5.41, 5.74) is 1.51. The van der Waals surface area contributed by atoms with E-state index in [1.165, 1.54) is 4.90 Å². The molecule has 0 unspecified atom stereocenters. The number of nitrogens with zero attached hydrogens (tertiary/aromatic N) is 1. The Balaban J connectivity index is 1.94. The van der Waals surface area contributed by atoms with Gasteiger partial charge in [0.1, 0.15) is 23.7 Å². The minimum Gasteiger partial charge on any atom is -0.396 e. The number of hydrogen-bond acceptors (Lipinski definition) is 5. The Labute approximate surface area is 219 Å². The predicted octanol–water partition coefficient (Wildman–Crippen LogP) is 1.68. The van der Waals surface area contributed by atoms with Crippen LogP contribution in [0.2, 0.25) is 0 Å². The van der Waals surface area contributed by atoms with Gasteiger partial charge in [0, 0.05) is 19.6 Å². The number of amides is 4. The summed E-state index contributed by atoms with van der Waals surface area (Å²) in [6.45, 7) is 9.67. The van der Waals surface area contributed by atoms with Crippen molar-refractivity contribution in [3.8, 4) is 0 Å². The number of unbranched alkanes of at least 4 members (excludes halogenated alkanes) is 1. The number of aliphatic hydroxyl groups excluding tert-OH is 1. The number of carbonyl (C=O) groups excluding carboxylic acids is 4. The van der Waals surface area contributed by atoms with Gasteiger partial charge in [0.05, 0.1) is 0 Å². The lowest BCUT2D eigenvalue weighted by atomic mass is 9.94. The third kappa shape index (κ3) is 6.77. The molecule has 2 aliphatic heterocycles. The van der Waals surface area contributed by atoms with Crippen LogP contribution in [0.1, 0.15) is 70.4 Å². The van der Waals surface area contributed by atoms with E-state index in [0.29, 0.717) is 45.1 Å². The summed E-state index contributed by atoms with van der Waals surface area (Å²) in [5, 5.41) is 17.7. The number of allylic oxidation sites excluding steroid dienone is 1. The van der Waals surface area contributed by atoms with E-state index in [-0.39, 0.29) is 24.8 Å². The van der Waals surface area contributed by atoms with Gasteiger partial charge in [-0.2, -0.15) is 0 Å². The van der Waals surface area contributed by atoms with Crippen LogP contribution in [0.4, 0.5) is 0 Å². The van der Waals surface area contributed by atoms with Crippen LogP contribution in [0, 0.1) is 0 Å². The van der Waals surface area contributed by atoms with Gasteiger partial charge in [-0.15, -0.1) is 0 Å². The summed E-state index contributed by atoms with van der Waals surface area (Å²) in [6, 6.07) is 5.22. The van der Waals surface area contributed by atoms with E-state index in [1.54, 1.807) is 13.8 Å². The first-order chi connectivity index (χ1) is 17.6. The topological polar surface area (TPSA) is 128 Å². The van der Waals surface area contributed by atoms with E-state index in [4.69, 9.17) is 5.11 Å². The first-order valence-corrected chi connectivity index (χ1v) is 13.2. The van der Waals surface area contributed by atoms with Gasteiger partial charge in [0.15, 0.2) is 0 Å². The average molecular weight is 513 g/mol. The molecular formula is C28H40N4O5. The smallest absolute Gasteiger partial charge is 0.246 e. The summed E-state index contributed by atoms with van der Waals surface area (Å²) >= 11 is 0. The molecule has 4 N–H and O–H groups in total. The number of nitrogens with one attached hydrogen (secondary N) is 3. The number of fused-ring (bicyclic) bond motifs is 1. The van der Waals surface area contributed by atoms with Crippen LogP contribution in [0.15, 0.2) is 30.8 Å². The molecule has 1 aromatic rings. The molecule has 2 saturated heterocycles. The Kier molecular flexibility index (Phi) is 9.48. The van der Waals surface area contributed by atoms with E-state index in [9.17, 15) is 19.2 Å². The molecule has 0 aromatic heterocycles. The summed E-state index contributed by atoms with van der Waals surface area (Å²) in [7, 11) is 0. The number of carbonyl (C=O) groups is 4. The average Bonchev–Trinajstić information content (AvgIpc) is 3.37. The van der Waals surface area contributed by atoms with Gasteiger partial charge >= 0.3 is 0 Å². The number of hydrogen-bond donors (Lipinski definition) is 4. The number of rotatable bonds is 8. The Morgan fingerprint density at radius 3 is 2.41 bits per heavy atom. The van der Waals surface area contributed by atoms with Gasteiger partial charge < -0.3 is 26.0 Å². The molecular weight excluding hydrogens is 472 g/mol. The number of aliphatic hydroxyl groups is 1. The standard InChI is InChI=1S/C28H40N4O5/c1-5-28(4)27(37)30-22(17-19-11-13-20(14-12-19)18(2)3)26(36)32-15-8-10-23(32)25(35)29-21(24(34)31-28)9-6-7-16-33/h11-14,21-23,33H,2,5-10,15-17H2,1,3-4H3,(H,29,35)(H,30,37)(H,31,34)/t21-,22-,23+,28-/m0/s1. The van der Waals surface area contributed by atoms with Crippen LogP contribution >= 0.6 is 0 Å². The Morgan fingerprint density at radius 2 is 1.78 bits per heavy atom. The molecule has 3 rings (SSSR count). The number of benzene rings is 1. The molecule has 0 saturated carbocycles. The van der Waals surface area contributed by atoms with Crippen molar-refractivity contribution in [1.82, 2.24) is 20.9 Å². The van der Waals surface area contributed by atoms with E-state index in [0.717, 1.165) is 16.7 Å². The predicted molar refractivity (Wildman–Crippen MR) is 141 cm³/mol. The van der Waals surface area contributed by atoms with Crippen molar-refractivity contribution < 1.29 is 24.3 Å². The third-order valence-electron chi connectivity index (χ3n) is 7.47. The first kappa shape index (κ1) is 28.4. The molecule has 37 heavy (non-hydrogen) atoms. The molecule has 9 heteroatoms. The highest BCUT2D eigenvalue weighted by molar-refractivity contribution is 5.99. The van der Waals surface area contributed by atoms with Crippen LogP contribution in [-0.4, -0.2) is 70.5 Å². The first-order valence-electron chi connectivity index (χ1n) is 13.2. The second kappa shape index (κ2) is 12.4. The largest absolute Gasteiger partial charge is 0.396 e. The SMILES string of the molecule is C=C(C)c1ccc(C[C@@H]2NC(=O)[C@](C)(CC)NC(=O)[C@H](CCCCO)NC(=O)[C@H]3CCCN3C2=O)cc1. The van der Waals surface area contributed by atoms with E-state index >= 15 is 0 Å².